The average Bonchev–Trinajstić information content (AvgIpc) is 2.50. The number of thiocarbonyl (C=S) groups is 1. The zero-order valence-electron chi connectivity index (χ0n) is 11.0. The van der Waals surface area contributed by atoms with Gasteiger partial charge in [-0.2, -0.15) is 5.10 Å². The Morgan fingerprint density at radius 2 is 2.00 bits per heavy atom. The number of rotatable bonds is 4. The van der Waals surface area contributed by atoms with Crippen LogP contribution in [0.2, 0.25) is 0 Å². The third-order valence-corrected chi connectivity index (χ3v) is 3.46. The normalized spacial score (nSPS) is 10.6. The van der Waals surface area contributed by atoms with Crippen LogP contribution in [0.1, 0.15) is 11.1 Å². The highest BCUT2D eigenvalue weighted by Crippen LogP contribution is 2.15. The Balaban J connectivity index is 1.80. The largest absolute Gasteiger partial charge is 0.357 e. The second-order valence-electron chi connectivity index (χ2n) is 4.21. The van der Waals surface area contributed by atoms with Crippen LogP contribution in [0.5, 0.6) is 0 Å². The second-order valence-corrected chi connectivity index (χ2v) is 5.47. The fraction of sp³-hybridized carbons (Fsp3) is 0.0667. The number of hydrogen-bond donors (Lipinski definition) is 2. The fourth-order valence-corrected chi connectivity index (χ4v) is 2.10. The van der Waals surface area contributed by atoms with Gasteiger partial charge in [-0.1, -0.05) is 36.4 Å². The highest BCUT2D eigenvalue weighted by atomic mass is 79.9. The van der Waals surface area contributed by atoms with Crippen LogP contribution in [-0.2, 0) is 6.54 Å². The zero-order chi connectivity index (χ0) is 15.1. The average molecular weight is 366 g/mol. The van der Waals surface area contributed by atoms with E-state index in [1.54, 1.807) is 18.3 Å². The van der Waals surface area contributed by atoms with Crippen molar-refractivity contribution in [1.29, 1.82) is 0 Å². The molecule has 0 atom stereocenters. The van der Waals surface area contributed by atoms with E-state index < -0.39 is 0 Å². The first-order chi connectivity index (χ1) is 10.1. The third kappa shape index (κ3) is 5.24. The molecule has 0 radical (unpaired) electrons. The maximum atomic E-state index is 13.1. The summed E-state index contributed by atoms with van der Waals surface area (Å²) >= 11 is 8.23. The summed E-state index contributed by atoms with van der Waals surface area (Å²) in [5.41, 5.74) is 4.61. The van der Waals surface area contributed by atoms with Gasteiger partial charge in [0.1, 0.15) is 5.82 Å². The standard InChI is InChI=1S/C15H13BrFN3S/c16-13-8-12(6-7-14(13)17)10-19-20-15(21)18-9-11-4-2-1-3-5-11/h1-8,10H,9H2,(H2,18,20,21)/b19-10+. The van der Waals surface area contributed by atoms with Gasteiger partial charge in [-0.05, 0) is 51.4 Å². The highest BCUT2D eigenvalue weighted by molar-refractivity contribution is 9.10. The van der Waals surface area contributed by atoms with Crippen molar-refractivity contribution in [2.45, 2.75) is 6.54 Å². The molecule has 0 amide bonds. The van der Waals surface area contributed by atoms with Gasteiger partial charge in [-0.25, -0.2) is 4.39 Å². The van der Waals surface area contributed by atoms with Crippen molar-refractivity contribution in [3.05, 3.63) is 69.9 Å². The summed E-state index contributed by atoms with van der Waals surface area (Å²) < 4.78 is 13.5. The van der Waals surface area contributed by atoms with Gasteiger partial charge in [-0.3, -0.25) is 5.43 Å². The molecule has 2 aromatic rings. The van der Waals surface area contributed by atoms with E-state index in [1.807, 2.05) is 30.3 Å². The van der Waals surface area contributed by atoms with Crippen LogP contribution in [0.25, 0.3) is 0 Å². The second kappa shape index (κ2) is 7.85. The van der Waals surface area contributed by atoms with E-state index >= 15 is 0 Å². The first kappa shape index (κ1) is 15.6. The maximum absolute atomic E-state index is 13.1. The van der Waals surface area contributed by atoms with Gasteiger partial charge < -0.3 is 5.32 Å². The van der Waals surface area contributed by atoms with Crippen LogP contribution < -0.4 is 10.7 Å². The number of halogens is 2. The Kier molecular flexibility index (Phi) is 5.83. The summed E-state index contributed by atoms with van der Waals surface area (Å²) in [7, 11) is 0. The SMILES string of the molecule is Fc1ccc(/C=N/NC(=S)NCc2ccccc2)cc1Br. The van der Waals surface area contributed by atoms with Gasteiger partial charge in [0.05, 0.1) is 10.7 Å². The molecule has 21 heavy (non-hydrogen) atoms. The summed E-state index contributed by atoms with van der Waals surface area (Å²) in [6.45, 7) is 0.629. The Bertz CT molecular complexity index is 647. The summed E-state index contributed by atoms with van der Waals surface area (Å²) in [5.74, 6) is -0.305. The van der Waals surface area contributed by atoms with Crippen molar-refractivity contribution in [1.82, 2.24) is 10.7 Å². The van der Waals surface area contributed by atoms with Gasteiger partial charge in [-0.15, -0.1) is 0 Å². The summed E-state index contributed by atoms with van der Waals surface area (Å²) in [6.07, 6.45) is 1.57. The molecule has 0 saturated heterocycles. The maximum Gasteiger partial charge on any atom is 0.187 e. The van der Waals surface area contributed by atoms with E-state index in [9.17, 15) is 4.39 Å². The van der Waals surface area contributed by atoms with Crippen molar-refractivity contribution in [2.24, 2.45) is 5.10 Å². The molecular formula is C15H13BrFN3S. The van der Waals surface area contributed by atoms with Gasteiger partial charge in [0.15, 0.2) is 5.11 Å². The Morgan fingerprint density at radius 3 is 2.71 bits per heavy atom. The highest BCUT2D eigenvalue weighted by Gasteiger charge is 1.98. The molecule has 108 valence electrons. The van der Waals surface area contributed by atoms with Gasteiger partial charge in [0.2, 0.25) is 0 Å². The molecule has 0 aliphatic rings. The van der Waals surface area contributed by atoms with Gasteiger partial charge in [0.25, 0.3) is 0 Å². The lowest BCUT2D eigenvalue weighted by Gasteiger charge is -2.06. The molecule has 0 bridgehead atoms. The van der Waals surface area contributed by atoms with Crippen molar-refractivity contribution < 1.29 is 4.39 Å². The molecule has 0 unspecified atom stereocenters. The molecule has 0 aliphatic heterocycles. The smallest absolute Gasteiger partial charge is 0.187 e. The first-order valence-corrected chi connectivity index (χ1v) is 7.41. The van der Waals surface area contributed by atoms with Crippen LogP contribution in [0.15, 0.2) is 58.1 Å². The lowest BCUT2D eigenvalue weighted by molar-refractivity contribution is 0.621. The minimum absolute atomic E-state index is 0.305. The van der Waals surface area contributed by atoms with E-state index in [-0.39, 0.29) is 5.82 Å². The van der Waals surface area contributed by atoms with Gasteiger partial charge >= 0.3 is 0 Å². The van der Waals surface area contributed by atoms with Crippen LogP contribution in [0.4, 0.5) is 4.39 Å². The molecule has 3 nitrogen and oxygen atoms in total. The molecule has 6 heteroatoms. The summed E-state index contributed by atoms with van der Waals surface area (Å²) in [4.78, 5) is 0. The van der Waals surface area contributed by atoms with Crippen LogP contribution in [0.3, 0.4) is 0 Å². The molecule has 0 aliphatic carbocycles. The molecule has 2 aromatic carbocycles. The summed E-state index contributed by atoms with van der Waals surface area (Å²) in [6, 6.07) is 14.6. The van der Waals surface area contributed by atoms with Gasteiger partial charge in [0, 0.05) is 6.54 Å². The molecular weight excluding hydrogens is 353 g/mol. The van der Waals surface area contributed by atoms with E-state index in [0.717, 1.165) is 11.1 Å². The van der Waals surface area contributed by atoms with Crippen molar-refractivity contribution in [2.75, 3.05) is 0 Å². The Labute approximate surface area is 136 Å². The van der Waals surface area contributed by atoms with E-state index in [2.05, 4.69) is 31.8 Å². The Hall–Kier alpha value is -1.79. The predicted molar refractivity (Wildman–Crippen MR) is 90.7 cm³/mol. The van der Waals surface area contributed by atoms with Crippen LogP contribution in [-0.4, -0.2) is 11.3 Å². The molecule has 2 N–H and O–H groups in total. The third-order valence-electron chi connectivity index (χ3n) is 2.62. The minimum atomic E-state index is -0.305. The van der Waals surface area contributed by atoms with E-state index in [4.69, 9.17) is 12.2 Å². The fourth-order valence-electron chi connectivity index (χ4n) is 1.58. The Morgan fingerprint density at radius 1 is 1.24 bits per heavy atom. The first-order valence-electron chi connectivity index (χ1n) is 6.21. The summed E-state index contributed by atoms with van der Waals surface area (Å²) in [5, 5.41) is 7.47. The molecule has 2 rings (SSSR count). The van der Waals surface area contributed by atoms with Crippen LogP contribution >= 0.6 is 28.1 Å². The van der Waals surface area contributed by atoms with Crippen molar-refractivity contribution in [3.8, 4) is 0 Å². The molecule has 0 heterocycles. The molecule has 0 aromatic heterocycles. The lowest BCUT2D eigenvalue weighted by Crippen LogP contribution is -2.31. The van der Waals surface area contributed by atoms with E-state index in [1.165, 1.54) is 6.07 Å². The zero-order valence-corrected chi connectivity index (χ0v) is 13.4. The lowest BCUT2D eigenvalue weighted by atomic mass is 10.2. The van der Waals surface area contributed by atoms with Crippen molar-refractivity contribution >= 4 is 39.5 Å². The number of nitrogens with zero attached hydrogens (tertiary/aromatic N) is 1. The van der Waals surface area contributed by atoms with Crippen LogP contribution in [0, 0.1) is 5.82 Å². The monoisotopic (exact) mass is 365 g/mol. The molecule has 0 spiro atoms. The quantitative estimate of drug-likeness (QED) is 0.493. The number of benzene rings is 2. The molecule has 0 saturated carbocycles. The number of hydrazone groups is 1. The number of hydrogen-bond acceptors (Lipinski definition) is 2. The number of nitrogens with one attached hydrogen (secondary N) is 2. The van der Waals surface area contributed by atoms with Crippen molar-refractivity contribution in [3.63, 3.8) is 0 Å². The minimum Gasteiger partial charge on any atom is -0.357 e. The topological polar surface area (TPSA) is 36.4 Å². The van der Waals surface area contributed by atoms with E-state index in [0.29, 0.717) is 16.1 Å². The predicted octanol–water partition coefficient (Wildman–Crippen LogP) is 3.59. The molecule has 0 fully saturated rings.